The van der Waals surface area contributed by atoms with Crippen molar-refractivity contribution in [2.75, 3.05) is 0 Å². The van der Waals surface area contributed by atoms with Gasteiger partial charge in [-0.1, -0.05) is 19.4 Å². The van der Waals surface area contributed by atoms with Gasteiger partial charge in [0.25, 0.3) is 0 Å². The van der Waals surface area contributed by atoms with Gasteiger partial charge in [-0.05, 0) is 36.9 Å². The molecule has 2 unspecified atom stereocenters. The summed E-state index contributed by atoms with van der Waals surface area (Å²) in [7, 11) is 0. The third kappa shape index (κ3) is 2.70. The van der Waals surface area contributed by atoms with Crippen molar-refractivity contribution in [1.29, 1.82) is 0 Å². The van der Waals surface area contributed by atoms with Crippen LogP contribution < -0.4 is 0 Å². The SMILES string of the molecule is CCCC(c1cccs1)n1c(C(C)Cl)nc2cccnc21. The third-order valence-corrected chi connectivity index (χ3v) is 4.75. The van der Waals surface area contributed by atoms with E-state index in [2.05, 4.69) is 34.0 Å². The van der Waals surface area contributed by atoms with Crippen LogP contribution in [0.1, 0.15) is 48.8 Å². The first-order valence-electron chi connectivity index (χ1n) is 7.22. The lowest BCUT2D eigenvalue weighted by Crippen LogP contribution is -2.13. The molecule has 2 atom stereocenters. The minimum Gasteiger partial charge on any atom is -0.303 e. The molecule has 0 saturated carbocycles. The lowest BCUT2D eigenvalue weighted by molar-refractivity contribution is 0.529. The van der Waals surface area contributed by atoms with Gasteiger partial charge in [-0.15, -0.1) is 22.9 Å². The maximum absolute atomic E-state index is 6.38. The molecule has 0 aliphatic rings. The van der Waals surface area contributed by atoms with Gasteiger partial charge in [0.15, 0.2) is 5.65 Å². The van der Waals surface area contributed by atoms with Crippen LogP contribution in [0.2, 0.25) is 0 Å². The van der Waals surface area contributed by atoms with Gasteiger partial charge in [0, 0.05) is 11.1 Å². The monoisotopic (exact) mass is 319 g/mol. The van der Waals surface area contributed by atoms with Crippen LogP contribution in [0, 0.1) is 0 Å². The summed E-state index contributed by atoms with van der Waals surface area (Å²) in [6, 6.07) is 8.45. The van der Waals surface area contributed by atoms with Gasteiger partial charge in [0.2, 0.25) is 0 Å². The van der Waals surface area contributed by atoms with Crippen LogP contribution in [0.5, 0.6) is 0 Å². The van der Waals surface area contributed by atoms with Gasteiger partial charge in [-0.3, -0.25) is 0 Å². The van der Waals surface area contributed by atoms with Crippen molar-refractivity contribution in [3.63, 3.8) is 0 Å². The Labute approximate surface area is 133 Å². The lowest BCUT2D eigenvalue weighted by Gasteiger charge is -2.20. The summed E-state index contributed by atoms with van der Waals surface area (Å²) >= 11 is 8.16. The number of aromatic nitrogens is 3. The first kappa shape index (κ1) is 14.5. The van der Waals surface area contributed by atoms with Crippen LogP contribution in [-0.4, -0.2) is 14.5 Å². The smallest absolute Gasteiger partial charge is 0.160 e. The molecule has 0 aliphatic carbocycles. The van der Waals surface area contributed by atoms with Gasteiger partial charge in [0.05, 0.1) is 11.4 Å². The molecule has 0 aliphatic heterocycles. The molecule has 0 fully saturated rings. The zero-order chi connectivity index (χ0) is 14.8. The highest BCUT2D eigenvalue weighted by Gasteiger charge is 2.23. The highest BCUT2D eigenvalue weighted by Crippen LogP contribution is 2.34. The number of halogens is 1. The molecule has 3 nitrogen and oxygen atoms in total. The zero-order valence-corrected chi connectivity index (χ0v) is 13.7. The number of imidazole rings is 1. The zero-order valence-electron chi connectivity index (χ0n) is 12.2. The molecule has 0 bridgehead atoms. The fourth-order valence-corrected chi connectivity index (χ4v) is 3.69. The molecule has 3 aromatic heterocycles. The van der Waals surface area contributed by atoms with E-state index in [1.807, 2.05) is 25.3 Å². The van der Waals surface area contributed by atoms with Crippen molar-refractivity contribution in [2.45, 2.75) is 38.1 Å². The number of pyridine rings is 1. The highest BCUT2D eigenvalue weighted by atomic mass is 35.5. The maximum atomic E-state index is 6.38. The summed E-state index contributed by atoms with van der Waals surface area (Å²) in [6.07, 6.45) is 3.98. The maximum Gasteiger partial charge on any atom is 0.160 e. The van der Waals surface area contributed by atoms with E-state index in [-0.39, 0.29) is 11.4 Å². The number of rotatable bonds is 5. The minimum atomic E-state index is -0.140. The van der Waals surface area contributed by atoms with Crippen LogP contribution in [-0.2, 0) is 0 Å². The summed E-state index contributed by atoms with van der Waals surface area (Å²) in [5.41, 5.74) is 1.84. The summed E-state index contributed by atoms with van der Waals surface area (Å²) in [6.45, 7) is 4.17. The largest absolute Gasteiger partial charge is 0.303 e. The van der Waals surface area contributed by atoms with Crippen molar-refractivity contribution in [1.82, 2.24) is 14.5 Å². The Morgan fingerprint density at radius 2 is 2.19 bits per heavy atom. The van der Waals surface area contributed by atoms with Crippen LogP contribution >= 0.6 is 22.9 Å². The van der Waals surface area contributed by atoms with Crippen molar-refractivity contribution in [3.8, 4) is 0 Å². The number of alkyl halides is 1. The van der Waals surface area contributed by atoms with Crippen molar-refractivity contribution in [3.05, 3.63) is 46.5 Å². The van der Waals surface area contributed by atoms with Crippen molar-refractivity contribution >= 4 is 34.1 Å². The quantitative estimate of drug-likeness (QED) is 0.606. The first-order valence-corrected chi connectivity index (χ1v) is 8.54. The predicted molar refractivity (Wildman–Crippen MR) is 89.2 cm³/mol. The molecule has 0 amide bonds. The van der Waals surface area contributed by atoms with E-state index in [0.717, 1.165) is 29.8 Å². The molecule has 0 saturated heterocycles. The summed E-state index contributed by atoms with van der Waals surface area (Å²) < 4.78 is 2.22. The van der Waals surface area contributed by atoms with E-state index in [9.17, 15) is 0 Å². The molecule has 0 aromatic carbocycles. The predicted octanol–water partition coefficient (Wildman–Crippen LogP) is 5.18. The van der Waals surface area contributed by atoms with Crippen molar-refractivity contribution in [2.24, 2.45) is 0 Å². The molecular weight excluding hydrogens is 302 g/mol. The number of hydrogen-bond donors (Lipinski definition) is 0. The molecule has 3 heterocycles. The average Bonchev–Trinajstić information content (AvgIpc) is 3.12. The van der Waals surface area contributed by atoms with Crippen LogP contribution in [0.15, 0.2) is 35.8 Å². The van der Waals surface area contributed by atoms with E-state index in [4.69, 9.17) is 16.6 Å². The van der Waals surface area contributed by atoms with E-state index in [1.165, 1.54) is 4.88 Å². The molecule has 110 valence electrons. The number of nitrogens with zero attached hydrogens (tertiary/aromatic N) is 3. The average molecular weight is 320 g/mol. The normalized spacial score (nSPS) is 14.4. The van der Waals surface area contributed by atoms with Crippen LogP contribution in [0.4, 0.5) is 0 Å². The Morgan fingerprint density at radius 3 is 2.86 bits per heavy atom. The minimum absolute atomic E-state index is 0.140. The Hall–Kier alpha value is -1.39. The molecule has 3 aromatic rings. The molecule has 3 rings (SSSR count). The van der Waals surface area contributed by atoms with Gasteiger partial charge < -0.3 is 4.57 Å². The molecule has 5 heteroatoms. The lowest BCUT2D eigenvalue weighted by atomic mass is 10.1. The molecular formula is C16H18ClN3S. The van der Waals surface area contributed by atoms with Gasteiger partial charge >= 0.3 is 0 Å². The third-order valence-electron chi connectivity index (χ3n) is 3.58. The number of hydrogen-bond acceptors (Lipinski definition) is 3. The Kier molecular flexibility index (Phi) is 4.27. The summed E-state index contributed by atoms with van der Waals surface area (Å²) in [5, 5.41) is 1.98. The molecule has 0 spiro atoms. The second kappa shape index (κ2) is 6.16. The Morgan fingerprint density at radius 1 is 1.33 bits per heavy atom. The van der Waals surface area contributed by atoms with E-state index in [1.54, 1.807) is 11.3 Å². The van der Waals surface area contributed by atoms with Crippen LogP contribution in [0.25, 0.3) is 11.2 Å². The van der Waals surface area contributed by atoms with Gasteiger partial charge in [-0.25, -0.2) is 9.97 Å². The first-order chi connectivity index (χ1) is 10.2. The van der Waals surface area contributed by atoms with E-state index < -0.39 is 0 Å². The standard InChI is InChI=1S/C16H18ClN3S/c1-3-6-13(14-8-5-10-21-14)20-15(11(2)17)19-12-7-4-9-18-16(12)20/h4-5,7-11,13H,3,6H2,1-2H3. The fourth-order valence-electron chi connectivity index (χ4n) is 2.69. The second-order valence-corrected chi connectivity index (χ2v) is 6.76. The Bertz CT molecular complexity index is 718. The fraction of sp³-hybridized carbons (Fsp3) is 0.375. The molecule has 21 heavy (non-hydrogen) atoms. The summed E-state index contributed by atoms with van der Waals surface area (Å²) in [5.74, 6) is 0.900. The molecule has 0 N–H and O–H groups in total. The summed E-state index contributed by atoms with van der Waals surface area (Å²) in [4.78, 5) is 10.6. The van der Waals surface area contributed by atoms with E-state index >= 15 is 0 Å². The second-order valence-electron chi connectivity index (χ2n) is 5.12. The van der Waals surface area contributed by atoms with E-state index in [0.29, 0.717) is 0 Å². The number of fused-ring (bicyclic) bond motifs is 1. The highest BCUT2D eigenvalue weighted by molar-refractivity contribution is 7.10. The van der Waals surface area contributed by atoms with Crippen molar-refractivity contribution < 1.29 is 0 Å². The topological polar surface area (TPSA) is 30.7 Å². The molecule has 0 radical (unpaired) electrons. The number of thiophene rings is 1. The van der Waals surface area contributed by atoms with Gasteiger partial charge in [-0.2, -0.15) is 0 Å². The van der Waals surface area contributed by atoms with Crippen LogP contribution in [0.3, 0.4) is 0 Å². The Balaban J connectivity index is 2.22. The van der Waals surface area contributed by atoms with Gasteiger partial charge in [0.1, 0.15) is 11.3 Å².